The van der Waals surface area contributed by atoms with Gasteiger partial charge in [-0.3, -0.25) is 4.79 Å². The zero-order valence-corrected chi connectivity index (χ0v) is 38.9. The summed E-state index contributed by atoms with van der Waals surface area (Å²) in [4.78, 5) is 13.0. The van der Waals surface area contributed by atoms with Gasteiger partial charge in [0.15, 0.2) is 12.6 Å². The average molecular weight is 892 g/mol. The summed E-state index contributed by atoms with van der Waals surface area (Å²) >= 11 is 0. The second-order valence-corrected chi connectivity index (χ2v) is 18.3. The molecule has 1 amide bonds. The van der Waals surface area contributed by atoms with Gasteiger partial charge in [-0.05, 0) is 12.8 Å². The number of unbranched alkanes of at least 4 members (excludes halogenated alkanes) is 26. The molecule has 0 aliphatic carbocycles. The Kier molecular flexibility index (Phi) is 33.3. The van der Waals surface area contributed by atoms with Crippen LogP contribution in [0.3, 0.4) is 0 Å². The van der Waals surface area contributed by atoms with Crippen LogP contribution in [-0.4, -0.2) is 140 Å². The number of hydrogen-bond acceptors (Lipinski definition) is 13. The summed E-state index contributed by atoms with van der Waals surface area (Å²) in [5.41, 5.74) is 0. The topological polar surface area (TPSA) is 228 Å². The van der Waals surface area contributed by atoms with Crippen molar-refractivity contribution in [3.8, 4) is 0 Å². The molecule has 2 fully saturated rings. The molecule has 0 aromatic carbocycles. The average Bonchev–Trinajstić information content (AvgIpc) is 3.27. The van der Waals surface area contributed by atoms with Crippen molar-refractivity contribution in [2.75, 3.05) is 19.8 Å². The molecule has 2 aliphatic heterocycles. The Labute approximate surface area is 374 Å². The van der Waals surface area contributed by atoms with Gasteiger partial charge in [-0.2, -0.15) is 0 Å². The highest BCUT2D eigenvalue weighted by molar-refractivity contribution is 5.76. The normalized spacial score (nSPS) is 27.6. The summed E-state index contributed by atoms with van der Waals surface area (Å²) in [7, 11) is 0. The molecular formula is C48H93NO13. The van der Waals surface area contributed by atoms with Gasteiger partial charge in [0.2, 0.25) is 5.91 Å². The molecule has 14 nitrogen and oxygen atoms in total. The lowest BCUT2D eigenvalue weighted by Gasteiger charge is -2.46. The number of carbonyl (C=O) groups excluding carboxylic acids is 1. The van der Waals surface area contributed by atoms with Crippen LogP contribution in [0, 0.1) is 0 Å². The van der Waals surface area contributed by atoms with Gasteiger partial charge in [-0.1, -0.05) is 187 Å². The summed E-state index contributed by atoms with van der Waals surface area (Å²) in [6.45, 7) is 2.76. The number of aliphatic hydroxyl groups is 8. The number of amides is 1. The largest absolute Gasteiger partial charge is 0.394 e. The standard InChI is InChI=1S/C48H93NO13/c1-3-5-7-9-10-11-12-13-14-15-16-17-18-19-20-21-22-23-24-25-26-28-29-31-37(52)36(49-40(53)32-30-27-8-6-4-2)35-59-47-45(58)43(56)46(39(34-51)61-47)62-48-44(57)42(55)41(54)38(33-50)60-48/h36-39,41-48,50-52,54-58H,3-35H2,1-2H3,(H,49,53). The van der Waals surface area contributed by atoms with Gasteiger partial charge in [-0.25, -0.2) is 0 Å². The number of carbonyl (C=O) groups is 1. The summed E-state index contributed by atoms with van der Waals surface area (Å²) < 4.78 is 22.6. The zero-order valence-electron chi connectivity index (χ0n) is 38.9. The van der Waals surface area contributed by atoms with Crippen molar-refractivity contribution in [2.45, 2.75) is 280 Å². The van der Waals surface area contributed by atoms with E-state index in [2.05, 4.69) is 19.2 Å². The van der Waals surface area contributed by atoms with E-state index in [9.17, 15) is 45.6 Å². The molecule has 2 rings (SSSR count). The molecule has 12 unspecified atom stereocenters. The van der Waals surface area contributed by atoms with Crippen molar-refractivity contribution < 1.29 is 64.6 Å². The monoisotopic (exact) mass is 892 g/mol. The minimum absolute atomic E-state index is 0.218. The van der Waals surface area contributed by atoms with Crippen molar-refractivity contribution >= 4 is 5.91 Å². The van der Waals surface area contributed by atoms with Crippen molar-refractivity contribution in [2.24, 2.45) is 0 Å². The lowest BCUT2D eigenvalue weighted by atomic mass is 9.97. The second-order valence-electron chi connectivity index (χ2n) is 18.3. The highest BCUT2D eigenvalue weighted by atomic mass is 16.7. The van der Waals surface area contributed by atoms with Gasteiger partial charge in [0, 0.05) is 6.42 Å². The van der Waals surface area contributed by atoms with Crippen molar-refractivity contribution in [1.29, 1.82) is 0 Å². The van der Waals surface area contributed by atoms with E-state index in [1.807, 2.05) is 0 Å². The fraction of sp³-hybridized carbons (Fsp3) is 0.979. The molecule has 0 radical (unpaired) electrons. The maximum absolute atomic E-state index is 13.0. The fourth-order valence-electron chi connectivity index (χ4n) is 8.65. The Morgan fingerprint density at radius 3 is 1.37 bits per heavy atom. The minimum Gasteiger partial charge on any atom is -0.394 e. The number of ether oxygens (including phenoxy) is 4. The quantitative estimate of drug-likeness (QED) is 0.0313. The van der Waals surface area contributed by atoms with Crippen LogP contribution in [0.2, 0.25) is 0 Å². The van der Waals surface area contributed by atoms with Gasteiger partial charge in [0.25, 0.3) is 0 Å². The van der Waals surface area contributed by atoms with Gasteiger partial charge >= 0.3 is 0 Å². The molecule has 0 bridgehead atoms. The molecule has 368 valence electrons. The molecule has 62 heavy (non-hydrogen) atoms. The van der Waals surface area contributed by atoms with Crippen molar-refractivity contribution in [3.05, 3.63) is 0 Å². The van der Waals surface area contributed by atoms with Crippen LogP contribution in [-0.2, 0) is 23.7 Å². The second kappa shape index (κ2) is 36.2. The first kappa shape index (κ1) is 57.1. The Balaban J connectivity index is 1.69. The summed E-state index contributed by atoms with van der Waals surface area (Å²) in [6.07, 6.45) is 18.9. The lowest BCUT2D eigenvalue weighted by molar-refractivity contribution is -0.359. The van der Waals surface area contributed by atoms with E-state index >= 15 is 0 Å². The van der Waals surface area contributed by atoms with Crippen LogP contribution in [0.4, 0.5) is 0 Å². The van der Waals surface area contributed by atoms with E-state index in [0.29, 0.717) is 12.8 Å². The van der Waals surface area contributed by atoms with Gasteiger partial charge < -0.3 is 65.1 Å². The molecule has 2 aliphatic rings. The van der Waals surface area contributed by atoms with Crippen LogP contribution in [0.15, 0.2) is 0 Å². The Morgan fingerprint density at radius 2 is 0.919 bits per heavy atom. The Morgan fingerprint density at radius 1 is 0.516 bits per heavy atom. The first-order valence-corrected chi connectivity index (χ1v) is 25.3. The van der Waals surface area contributed by atoms with E-state index in [1.165, 1.54) is 122 Å². The maximum Gasteiger partial charge on any atom is 0.220 e. The third-order valence-corrected chi connectivity index (χ3v) is 12.8. The van der Waals surface area contributed by atoms with Gasteiger partial charge in [-0.15, -0.1) is 0 Å². The van der Waals surface area contributed by atoms with E-state index in [-0.39, 0.29) is 12.5 Å². The third-order valence-electron chi connectivity index (χ3n) is 12.8. The predicted octanol–water partition coefficient (Wildman–Crippen LogP) is 6.22. The third kappa shape index (κ3) is 23.4. The first-order chi connectivity index (χ1) is 30.1. The van der Waals surface area contributed by atoms with E-state index < -0.39 is 86.8 Å². The number of rotatable bonds is 39. The van der Waals surface area contributed by atoms with E-state index in [0.717, 1.165) is 57.8 Å². The Hall–Kier alpha value is -1.01. The molecule has 9 N–H and O–H groups in total. The van der Waals surface area contributed by atoms with E-state index in [4.69, 9.17) is 18.9 Å². The number of aliphatic hydroxyl groups excluding tert-OH is 8. The highest BCUT2D eigenvalue weighted by Crippen LogP contribution is 2.30. The molecule has 0 aromatic rings. The first-order valence-electron chi connectivity index (χ1n) is 25.3. The highest BCUT2D eigenvalue weighted by Gasteiger charge is 2.51. The van der Waals surface area contributed by atoms with Crippen LogP contribution in [0.5, 0.6) is 0 Å². The molecule has 2 saturated heterocycles. The Bertz CT molecular complexity index is 1060. The number of nitrogens with one attached hydrogen (secondary N) is 1. The van der Waals surface area contributed by atoms with Crippen LogP contribution < -0.4 is 5.32 Å². The van der Waals surface area contributed by atoms with Gasteiger partial charge in [0.05, 0.1) is 32.0 Å². The molecular weight excluding hydrogens is 799 g/mol. The molecule has 12 atom stereocenters. The smallest absolute Gasteiger partial charge is 0.220 e. The SMILES string of the molecule is CCCCCCCCCCCCCCCCCCCCCCCCCC(O)C(COC1OC(CO)C(OC2OC(CO)C(O)C(O)C2O)C(O)C1O)NC(=O)CCCCCCC. The predicted molar refractivity (Wildman–Crippen MR) is 240 cm³/mol. The molecule has 0 aromatic heterocycles. The maximum atomic E-state index is 13.0. The molecule has 0 saturated carbocycles. The molecule has 0 spiro atoms. The van der Waals surface area contributed by atoms with E-state index in [1.54, 1.807) is 0 Å². The zero-order chi connectivity index (χ0) is 45.4. The summed E-state index contributed by atoms with van der Waals surface area (Å²) in [5.74, 6) is -0.218. The minimum atomic E-state index is -1.78. The number of hydrogen-bond donors (Lipinski definition) is 9. The van der Waals surface area contributed by atoms with Crippen LogP contribution in [0.1, 0.15) is 206 Å². The molecule has 2 heterocycles. The van der Waals surface area contributed by atoms with Crippen molar-refractivity contribution in [1.82, 2.24) is 5.32 Å². The van der Waals surface area contributed by atoms with Gasteiger partial charge in [0.1, 0.15) is 48.8 Å². The van der Waals surface area contributed by atoms with Crippen LogP contribution >= 0.6 is 0 Å². The summed E-state index contributed by atoms with van der Waals surface area (Å²) in [6, 6.07) is -0.818. The van der Waals surface area contributed by atoms with Crippen molar-refractivity contribution in [3.63, 3.8) is 0 Å². The lowest BCUT2D eigenvalue weighted by Crippen LogP contribution is -2.65. The molecule has 14 heteroatoms. The fourth-order valence-corrected chi connectivity index (χ4v) is 8.65. The van der Waals surface area contributed by atoms with Crippen LogP contribution in [0.25, 0.3) is 0 Å². The summed E-state index contributed by atoms with van der Waals surface area (Å²) in [5, 5.41) is 86.5.